The van der Waals surface area contributed by atoms with E-state index in [9.17, 15) is 18.0 Å². The van der Waals surface area contributed by atoms with Crippen LogP contribution < -0.4 is 9.62 Å². The lowest BCUT2D eigenvalue weighted by Crippen LogP contribution is -2.51. The average molecular weight is 536 g/mol. The maximum Gasteiger partial charge on any atom is 0.264 e. The van der Waals surface area contributed by atoms with Crippen molar-refractivity contribution in [2.75, 3.05) is 17.4 Å². The standard InChI is InChI=1S/C30H37N3O4S/c1-4-6-21-31-30(35)24(3)32(22-25-15-9-7-10-16-25)29(34)23-33(28-20-14-13-17-26(28)5-2)38(36,37)27-18-11-8-12-19-27/h7-20,24H,4-6,21-23H2,1-3H3,(H,31,35). The van der Waals surface area contributed by atoms with Crippen molar-refractivity contribution in [2.24, 2.45) is 0 Å². The molecule has 1 unspecified atom stereocenters. The Morgan fingerprint density at radius 1 is 0.868 bits per heavy atom. The molecule has 3 aromatic carbocycles. The molecule has 202 valence electrons. The third kappa shape index (κ3) is 7.22. The van der Waals surface area contributed by atoms with Crippen LogP contribution in [0.1, 0.15) is 44.7 Å². The van der Waals surface area contributed by atoms with E-state index < -0.39 is 28.5 Å². The van der Waals surface area contributed by atoms with Gasteiger partial charge < -0.3 is 10.2 Å². The first-order valence-electron chi connectivity index (χ1n) is 13.1. The molecule has 0 aromatic heterocycles. The van der Waals surface area contributed by atoms with Crippen molar-refractivity contribution in [2.45, 2.75) is 57.5 Å². The van der Waals surface area contributed by atoms with Crippen LogP contribution in [0.5, 0.6) is 0 Å². The molecule has 0 aliphatic heterocycles. The minimum Gasteiger partial charge on any atom is -0.354 e. The van der Waals surface area contributed by atoms with E-state index in [1.807, 2.05) is 56.3 Å². The van der Waals surface area contributed by atoms with Crippen LogP contribution in [-0.2, 0) is 32.6 Å². The topological polar surface area (TPSA) is 86.8 Å². The third-order valence-corrected chi connectivity index (χ3v) is 8.22. The molecular formula is C30H37N3O4S. The van der Waals surface area contributed by atoms with Crippen LogP contribution in [0.25, 0.3) is 0 Å². The van der Waals surface area contributed by atoms with Crippen molar-refractivity contribution in [1.82, 2.24) is 10.2 Å². The maximum atomic E-state index is 13.9. The number of para-hydroxylation sites is 1. The largest absolute Gasteiger partial charge is 0.354 e. The van der Waals surface area contributed by atoms with E-state index in [1.54, 1.807) is 37.3 Å². The first-order valence-corrected chi connectivity index (χ1v) is 14.5. The Morgan fingerprint density at radius 2 is 1.47 bits per heavy atom. The zero-order chi connectivity index (χ0) is 27.5. The number of benzene rings is 3. The smallest absolute Gasteiger partial charge is 0.264 e. The number of anilines is 1. The first kappa shape index (κ1) is 28.9. The zero-order valence-electron chi connectivity index (χ0n) is 22.3. The highest BCUT2D eigenvalue weighted by Gasteiger charge is 2.33. The highest BCUT2D eigenvalue weighted by Crippen LogP contribution is 2.28. The molecule has 0 heterocycles. The number of unbranched alkanes of at least 4 members (excludes halogenated alkanes) is 1. The second kappa shape index (κ2) is 13.8. The molecule has 8 heteroatoms. The van der Waals surface area contributed by atoms with Gasteiger partial charge in [0.05, 0.1) is 10.6 Å². The number of nitrogens with one attached hydrogen (secondary N) is 1. The number of rotatable bonds is 13. The lowest BCUT2D eigenvalue weighted by molar-refractivity contribution is -0.139. The van der Waals surface area contributed by atoms with Crippen LogP contribution in [-0.4, -0.2) is 44.3 Å². The molecule has 2 amide bonds. The Labute approximate surface area is 226 Å². The summed E-state index contributed by atoms with van der Waals surface area (Å²) in [6.45, 7) is 5.92. The van der Waals surface area contributed by atoms with E-state index >= 15 is 0 Å². The Hall–Kier alpha value is -3.65. The zero-order valence-corrected chi connectivity index (χ0v) is 23.2. The number of hydrogen-bond donors (Lipinski definition) is 1. The van der Waals surface area contributed by atoms with Gasteiger partial charge in [-0.3, -0.25) is 13.9 Å². The van der Waals surface area contributed by atoms with Gasteiger partial charge in [-0.25, -0.2) is 8.42 Å². The van der Waals surface area contributed by atoms with Gasteiger partial charge in [-0.05, 0) is 49.1 Å². The predicted molar refractivity (Wildman–Crippen MR) is 151 cm³/mol. The van der Waals surface area contributed by atoms with Gasteiger partial charge in [0, 0.05) is 13.1 Å². The average Bonchev–Trinajstić information content (AvgIpc) is 2.95. The van der Waals surface area contributed by atoms with E-state index in [4.69, 9.17) is 0 Å². The summed E-state index contributed by atoms with van der Waals surface area (Å²) < 4.78 is 28.9. The molecule has 0 radical (unpaired) electrons. The lowest BCUT2D eigenvalue weighted by Gasteiger charge is -2.32. The Bertz CT molecular complexity index is 1300. The van der Waals surface area contributed by atoms with Crippen LogP contribution in [0.15, 0.2) is 89.8 Å². The van der Waals surface area contributed by atoms with Gasteiger partial charge >= 0.3 is 0 Å². The molecule has 0 spiro atoms. The van der Waals surface area contributed by atoms with Crippen LogP contribution in [0, 0.1) is 0 Å². The van der Waals surface area contributed by atoms with E-state index in [2.05, 4.69) is 5.32 Å². The lowest BCUT2D eigenvalue weighted by atomic mass is 10.1. The summed E-state index contributed by atoms with van der Waals surface area (Å²) >= 11 is 0. The van der Waals surface area contributed by atoms with Crippen molar-refractivity contribution in [3.05, 3.63) is 96.1 Å². The van der Waals surface area contributed by atoms with Crippen molar-refractivity contribution < 1.29 is 18.0 Å². The van der Waals surface area contributed by atoms with E-state index in [0.717, 1.165) is 24.0 Å². The normalized spacial score (nSPS) is 12.0. The molecule has 3 rings (SSSR count). The van der Waals surface area contributed by atoms with E-state index in [1.165, 1.54) is 21.3 Å². The summed E-state index contributed by atoms with van der Waals surface area (Å²) in [6, 6.07) is 23.9. The van der Waals surface area contributed by atoms with Crippen molar-refractivity contribution in [3.63, 3.8) is 0 Å². The van der Waals surface area contributed by atoms with Gasteiger partial charge in [0.2, 0.25) is 11.8 Å². The van der Waals surface area contributed by atoms with Gasteiger partial charge in [0.25, 0.3) is 10.0 Å². The molecule has 0 bridgehead atoms. The molecule has 7 nitrogen and oxygen atoms in total. The number of carbonyl (C=O) groups is 2. The number of amides is 2. The van der Waals surface area contributed by atoms with Crippen molar-refractivity contribution >= 4 is 27.5 Å². The summed E-state index contributed by atoms with van der Waals surface area (Å²) in [4.78, 5) is 28.5. The third-order valence-electron chi connectivity index (χ3n) is 6.44. The van der Waals surface area contributed by atoms with Gasteiger partial charge in [0.15, 0.2) is 0 Å². The van der Waals surface area contributed by atoms with Crippen LogP contribution >= 0.6 is 0 Å². The number of aryl methyl sites for hydroxylation is 1. The Balaban J connectivity index is 2.01. The predicted octanol–water partition coefficient (Wildman–Crippen LogP) is 4.78. The minimum atomic E-state index is -4.07. The quantitative estimate of drug-likeness (QED) is 0.319. The minimum absolute atomic E-state index is 0.0960. The fourth-order valence-electron chi connectivity index (χ4n) is 4.18. The second-order valence-corrected chi connectivity index (χ2v) is 11.0. The number of nitrogens with zero attached hydrogens (tertiary/aromatic N) is 2. The fraction of sp³-hybridized carbons (Fsp3) is 0.333. The first-order chi connectivity index (χ1) is 18.3. The van der Waals surface area contributed by atoms with Crippen molar-refractivity contribution in [3.8, 4) is 0 Å². The Morgan fingerprint density at radius 3 is 2.11 bits per heavy atom. The van der Waals surface area contributed by atoms with Crippen LogP contribution in [0.4, 0.5) is 5.69 Å². The molecule has 0 aliphatic rings. The Kier molecular flexibility index (Phi) is 10.5. The second-order valence-electron chi connectivity index (χ2n) is 9.13. The highest BCUT2D eigenvalue weighted by molar-refractivity contribution is 7.92. The number of sulfonamides is 1. The molecular weight excluding hydrogens is 498 g/mol. The van der Waals surface area contributed by atoms with Crippen LogP contribution in [0.3, 0.4) is 0 Å². The molecule has 0 saturated carbocycles. The molecule has 3 aromatic rings. The molecule has 1 atom stereocenters. The summed E-state index contributed by atoms with van der Waals surface area (Å²) in [6.07, 6.45) is 2.36. The molecule has 1 N–H and O–H groups in total. The fourth-order valence-corrected chi connectivity index (χ4v) is 5.66. The van der Waals surface area contributed by atoms with Gasteiger partial charge in [-0.1, -0.05) is 87.0 Å². The van der Waals surface area contributed by atoms with Gasteiger partial charge in [0.1, 0.15) is 12.6 Å². The number of carbonyl (C=O) groups excluding carboxylic acids is 2. The molecule has 0 fully saturated rings. The van der Waals surface area contributed by atoms with Gasteiger partial charge in [-0.15, -0.1) is 0 Å². The van der Waals surface area contributed by atoms with Crippen molar-refractivity contribution in [1.29, 1.82) is 0 Å². The van der Waals surface area contributed by atoms with E-state index in [0.29, 0.717) is 18.7 Å². The van der Waals surface area contributed by atoms with Gasteiger partial charge in [-0.2, -0.15) is 0 Å². The molecule has 0 aliphatic carbocycles. The summed E-state index contributed by atoms with van der Waals surface area (Å²) in [7, 11) is -4.07. The van der Waals surface area contributed by atoms with E-state index in [-0.39, 0.29) is 17.3 Å². The number of hydrogen-bond acceptors (Lipinski definition) is 4. The summed E-state index contributed by atoms with van der Waals surface area (Å²) in [5.41, 5.74) is 2.10. The summed E-state index contributed by atoms with van der Waals surface area (Å²) in [5.74, 6) is -0.730. The molecule has 38 heavy (non-hydrogen) atoms. The highest BCUT2D eigenvalue weighted by atomic mass is 32.2. The maximum absolute atomic E-state index is 13.9. The SMILES string of the molecule is CCCCNC(=O)C(C)N(Cc1ccccc1)C(=O)CN(c1ccccc1CC)S(=O)(=O)c1ccccc1. The summed E-state index contributed by atoms with van der Waals surface area (Å²) in [5, 5.41) is 2.90. The monoisotopic (exact) mass is 535 g/mol. The molecule has 0 saturated heterocycles. The van der Waals surface area contributed by atoms with Crippen LogP contribution in [0.2, 0.25) is 0 Å².